The highest BCUT2D eigenvalue weighted by Gasteiger charge is 2.26. The number of anilines is 2. The fourth-order valence-corrected chi connectivity index (χ4v) is 3.99. The van der Waals surface area contributed by atoms with Crippen LogP contribution in [0.1, 0.15) is 17.5 Å². The van der Waals surface area contributed by atoms with Crippen LogP contribution >= 0.6 is 0 Å². The maximum atomic E-state index is 13.3. The van der Waals surface area contributed by atoms with Crippen molar-refractivity contribution in [2.24, 2.45) is 0 Å². The van der Waals surface area contributed by atoms with Gasteiger partial charge < -0.3 is 9.80 Å². The van der Waals surface area contributed by atoms with E-state index in [1.807, 2.05) is 17.0 Å². The van der Waals surface area contributed by atoms with E-state index in [1.165, 1.54) is 11.1 Å². The zero-order valence-electron chi connectivity index (χ0n) is 15.5. The lowest BCUT2D eigenvalue weighted by molar-refractivity contribution is -0.118. The third kappa shape index (κ3) is 3.53. The average molecular weight is 349 g/mol. The van der Waals surface area contributed by atoms with Crippen LogP contribution in [-0.2, 0) is 17.6 Å². The lowest BCUT2D eigenvalue weighted by atomic mass is 10.0. The van der Waals surface area contributed by atoms with Crippen LogP contribution in [0.15, 0.2) is 48.5 Å². The van der Waals surface area contributed by atoms with Gasteiger partial charge in [-0.15, -0.1) is 0 Å². The van der Waals surface area contributed by atoms with Crippen molar-refractivity contribution in [3.8, 4) is 0 Å². The Morgan fingerprint density at radius 2 is 1.38 bits per heavy atom. The monoisotopic (exact) mass is 349 g/mol. The van der Waals surface area contributed by atoms with Crippen LogP contribution in [0.5, 0.6) is 0 Å². The molecule has 4 nitrogen and oxygen atoms in total. The molecule has 0 saturated carbocycles. The number of carbonyl (C=O) groups excluding carboxylic acids is 1. The summed E-state index contributed by atoms with van der Waals surface area (Å²) in [6, 6.07) is 16.7. The molecule has 0 spiro atoms. The molecule has 26 heavy (non-hydrogen) atoms. The van der Waals surface area contributed by atoms with Gasteiger partial charge in [0.25, 0.3) is 0 Å². The van der Waals surface area contributed by atoms with Crippen molar-refractivity contribution in [3.05, 3.63) is 59.7 Å². The Hall–Kier alpha value is -2.17. The fraction of sp³-hybridized carbons (Fsp3) is 0.409. The molecule has 0 radical (unpaired) electrons. The molecule has 0 atom stereocenters. The first-order chi connectivity index (χ1) is 12.7. The van der Waals surface area contributed by atoms with Crippen LogP contribution < -0.4 is 4.90 Å². The van der Waals surface area contributed by atoms with Crippen LogP contribution in [0.25, 0.3) is 0 Å². The third-order valence-electron chi connectivity index (χ3n) is 5.62. The molecule has 1 fully saturated rings. The number of nitrogens with zero attached hydrogens (tertiary/aromatic N) is 3. The summed E-state index contributed by atoms with van der Waals surface area (Å²) in [6.07, 6.45) is 2.53. The molecule has 136 valence electrons. The number of rotatable bonds is 3. The summed E-state index contributed by atoms with van der Waals surface area (Å²) >= 11 is 0. The number of hydrogen-bond acceptors (Lipinski definition) is 3. The largest absolute Gasteiger partial charge is 0.304 e. The van der Waals surface area contributed by atoms with Gasteiger partial charge in [-0.05, 0) is 43.1 Å². The maximum absolute atomic E-state index is 13.3. The number of benzene rings is 2. The summed E-state index contributed by atoms with van der Waals surface area (Å²) < 4.78 is 0. The first-order valence-electron chi connectivity index (χ1n) is 9.62. The average Bonchev–Trinajstić information content (AvgIpc) is 2.84. The van der Waals surface area contributed by atoms with Gasteiger partial charge in [0.2, 0.25) is 5.91 Å². The number of carbonyl (C=O) groups is 1. The minimum atomic E-state index is 0.200. The van der Waals surface area contributed by atoms with E-state index < -0.39 is 0 Å². The smallest absolute Gasteiger partial charge is 0.232 e. The summed E-state index contributed by atoms with van der Waals surface area (Å²) in [5.74, 6) is 0.200. The Kier molecular flexibility index (Phi) is 5.05. The summed E-state index contributed by atoms with van der Waals surface area (Å²) in [4.78, 5) is 20.0. The summed E-state index contributed by atoms with van der Waals surface area (Å²) in [6.45, 7) is 5.12. The number of hydrogen-bond donors (Lipinski definition) is 0. The van der Waals surface area contributed by atoms with E-state index in [0.29, 0.717) is 6.42 Å². The number of fused-ring (bicyclic) bond motifs is 2. The second kappa shape index (κ2) is 7.60. The minimum Gasteiger partial charge on any atom is -0.304 e. The Balaban J connectivity index is 1.57. The van der Waals surface area contributed by atoms with Crippen molar-refractivity contribution in [3.63, 3.8) is 0 Å². The van der Waals surface area contributed by atoms with Gasteiger partial charge in [-0.25, -0.2) is 0 Å². The molecule has 2 aliphatic rings. The van der Waals surface area contributed by atoms with E-state index in [4.69, 9.17) is 0 Å². The van der Waals surface area contributed by atoms with Crippen molar-refractivity contribution in [1.29, 1.82) is 0 Å². The van der Waals surface area contributed by atoms with Crippen LogP contribution in [-0.4, -0.2) is 55.5 Å². The van der Waals surface area contributed by atoms with E-state index in [2.05, 4.69) is 53.2 Å². The molecule has 2 heterocycles. The highest BCUT2D eigenvalue weighted by molar-refractivity contribution is 6.02. The van der Waals surface area contributed by atoms with Crippen molar-refractivity contribution in [2.45, 2.75) is 19.3 Å². The molecular formula is C22H27N3O. The van der Waals surface area contributed by atoms with E-state index >= 15 is 0 Å². The highest BCUT2D eigenvalue weighted by atomic mass is 16.2. The summed E-state index contributed by atoms with van der Waals surface area (Å²) in [7, 11) is 2.16. The molecule has 0 N–H and O–H groups in total. The van der Waals surface area contributed by atoms with E-state index in [0.717, 1.165) is 56.9 Å². The van der Waals surface area contributed by atoms with Crippen molar-refractivity contribution in [1.82, 2.24) is 9.80 Å². The minimum absolute atomic E-state index is 0.200. The van der Waals surface area contributed by atoms with Crippen molar-refractivity contribution in [2.75, 3.05) is 44.7 Å². The number of para-hydroxylation sites is 2. The van der Waals surface area contributed by atoms with Crippen LogP contribution in [0, 0.1) is 0 Å². The van der Waals surface area contributed by atoms with Gasteiger partial charge in [0.05, 0.1) is 11.4 Å². The molecule has 4 heteroatoms. The Labute approximate surface area is 156 Å². The molecule has 4 rings (SSSR count). The van der Waals surface area contributed by atoms with E-state index in [1.54, 1.807) is 0 Å². The Morgan fingerprint density at radius 3 is 1.96 bits per heavy atom. The first kappa shape index (κ1) is 17.3. The molecule has 0 unspecified atom stereocenters. The molecule has 1 saturated heterocycles. The number of likely N-dealkylation sites (N-methyl/N-ethyl adjacent to an activating group) is 1. The fourth-order valence-electron chi connectivity index (χ4n) is 3.99. The van der Waals surface area contributed by atoms with Gasteiger partial charge >= 0.3 is 0 Å². The standard InChI is InChI=1S/C22H27N3O/c1-23-14-16-24(17-15-23)13-12-22(26)25-20-8-4-2-6-18(20)10-11-19-7-3-5-9-21(19)25/h2-9H,10-17H2,1H3. The van der Waals surface area contributed by atoms with Crippen molar-refractivity contribution >= 4 is 17.3 Å². The molecule has 0 aromatic heterocycles. The predicted molar refractivity (Wildman–Crippen MR) is 106 cm³/mol. The Bertz CT molecular complexity index is 733. The SMILES string of the molecule is CN1CCN(CCC(=O)N2c3ccccc3CCc3ccccc32)CC1. The lowest BCUT2D eigenvalue weighted by Crippen LogP contribution is -2.45. The number of piperazine rings is 1. The lowest BCUT2D eigenvalue weighted by Gasteiger charge is -2.33. The molecule has 2 aliphatic heterocycles. The zero-order valence-corrected chi connectivity index (χ0v) is 15.5. The van der Waals surface area contributed by atoms with Crippen LogP contribution in [0.2, 0.25) is 0 Å². The van der Waals surface area contributed by atoms with Gasteiger partial charge in [0, 0.05) is 39.1 Å². The van der Waals surface area contributed by atoms with E-state index in [-0.39, 0.29) is 5.91 Å². The van der Waals surface area contributed by atoms with Gasteiger partial charge in [-0.2, -0.15) is 0 Å². The third-order valence-corrected chi connectivity index (χ3v) is 5.62. The Morgan fingerprint density at radius 1 is 0.846 bits per heavy atom. The summed E-state index contributed by atoms with van der Waals surface area (Å²) in [5, 5.41) is 0. The molecule has 0 bridgehead atoms. The van der Waals surface area contributed by atoms with Crippen molar-refractivity contribution < 1.29 is 4.79 Å². The first-order valence-corrected chi connectivity index (χ1v) is 9.62. The van der Waals surface area contributed by atoms with Crippen LogP contribution in [0.3, 0.4) is 0 Å². The molecule has 2 aromatic rings. The topological polar surface area (TPSA) is 26.8 Å². The maximum Gasteiger partial charge on any atom is 0.232 e. The second-order valence-electron chi connectivity index (χ2n) is 7.38. The molecular weight excluding hydrogens is 322 g/mol. The zero-order chi connectivity index (χ0) is 17.9. The predicted octanol–water partition coefficient (Wildman–Crippen LogP) is 3.09. The van der Waals surface area contributed by atoms with Gasteiger partial charge in [0.1, 0.15) is 0 Å². The highest BCUT2D eigenvalue weighted by Crippen LogP contribution is 2.36. The van der Waals surface area contributed by atoms with Crippen LogP contribution in [0.4, 0.5) is 11.4 Å². The molecule has 2 aromatic carbocycles. The van der Waals surface area contributed by atoms with Gasteiger partial charge in [-0.1, -0.05) is 36.4 Å². The molecule has 1 amide bonds. The van der Waals surface area contributed by atoms with Gasteiger partial charge in [-0.3, -0.25) is 9.69 Å². The summed E-state index contributed by atoms with van der Waals surface area (Å²) in [5.41, 5.74) is 4.63. The number of amides is 1. The normalized spacial score (nSPS) is 18.1. The second-order valence-corrected chi connectivity index (χ2v) is 7.38. The van der Waals surface area contributed by atoms with Gasteiger partial charge in [0.15, 0.2) is 0 Å². The number of aryl methyl sites for hydroxylation is 2. The van der Waals surface area contributed by atoms with E-state index in [9.17, 15) is 4.79 Å². The molecule has 0 aliphatic carbocycles. The quantitative estimate of drug-likeness (QED) is 0.852.